The van der Waals surface area contributed by atoms with Crippen LogP contribution in [0.2, 0.25) is 0 Å². The molecule has 0 unspecified atom stereocenters. The van der Waals surface area contributed by atoms with E-state index < -0.39 is 6.10 Å². The highest BCUT2D eigenvalue weighted by atomic mass is 16.6. The molecule has 0 rings (SSSR count). The third kappa shape index (κ3) is 49.3. The average molecular weight is 863 g/mol. The summed E-state index contributed by atoms with van der Waals surface area (Å²) in [6.07, 6.45) is 52.3. The van der Waals surface area contributed by atoms with Gasteiger partial charge in [0.1, 0.15) is 13.2 Å². The molecule has 0 spiro atoms. The number of hydrogen-bond donors (Lipinski definition) is 0. The fraction of sp³-hybridized carbons (Fsp3) is 0.945. The molecular formula is C55H106O6. The van der Waals surface area contributed by atoms with Crippen molar-refractivity contribution < 1.29 is 28.6 Å². The van der Waals surface area contributed by atoms with Crippen molar-refractivity contribution >= 4 is 17.9 Å². The molecule has 0 bridgehead atoms. The molecule has 0 aromatic rings. The van der Waals surface area contributed by atoms with Gasteiger partial charge in [-0.3, -0.25) is 14.4 Å². The van der Waals surface area contributed by atoms with Gasteiger partial charge in [0.2, 0.25) is 0 Å². The van der Waals surface area contributed by atoms with Crippen LogP contribution < -0.4 is 0 Å². The van der Waals surface area contributed by atoms with Gasteiger partial charge in [0.25, 0.3) is 0 Å². The van der Waals surface area contributed by atoms with Gasteiger partial charge in [-0.25, -0.2) is 0 Å². The number of carbonyl (C=O) groups excluding carboxylic acids is 3. The molecule has 0 saturated heterocycles. The molecule has 0 aliphatic carbocycles. The molecule has 0 saturated carbocycles. The summed E-state index contributed by atoms with van der Waals surface area (Å²) in [6.45, 7) is 9.04. The molecule has 0 aliphatic heterocycles. The summed E-state index contributed by atoms with van der Waals surface area (Å²) in [7, 11) is 0. The van der Waals surface area contributed by atoms with E-state index in [0.29, 0.717) is 19.3 Å². The first-order valence-electron chi connectivity index (χ1n) is 27.4. The van der Waals surface area contributed by atoms with E-state index in [9.17, 15) is 14.4 Å². The monoisotopic (exact) mass is 863 g/mol. The van der Waals surface area contributed by atoms with Crippen molar-refractivity contribution in [1.82, 2.24) is 0 Å². The first-order chi connectivity index (χ1) is 29.9. The first-order valence-corrected chi connectivity index (χ1v) is 27.4. The van der Waals surface area contributed by atoms with Crippen LogP contribution in [0.1, 0.15) is 310 Å². The number of carbonyl (C=O) groups is 3. The normalized spacial score (nSPS) is 12.0. The summed E-state index contributed by atoms with van der Waals surface area (Å²) in [5.74, 6) is -0.0134. The van der Waals surface area contributed by atoms with Crippen LogP contribution in [0.5, 0.6) is 0 Å². The van der Waals surface area contributed by atoms with Crippen molar-refractivity contribution in [3.63, 3.8) is 0 Å². The minimum Gasteiger partial charge on any atom is -0.462 e. The molecule has 0 N–H and O–H groups in total. The lowest BCUT2D eigenvalue weighted by molar-refractivity contribution is -0.167. The zero-order chi connectivity index (χ0) is 44.5. The minimum absolute atomic E-state index is 0.0624. The topological polar surface area (TPSA) is 78.9 Å². The molecule has 1 atom stereocenters. The molecule has 0 aromatic carbocycles. The van der Waals surface area contributed by atoms with Gasteiger partial charge in [-0.05, 0) is 25.2 Å². The molecule has 0 heterocycles. The highest BCUT2D eigenvalue weighted by Gasteiger charge is 2.19. The zero-order valence-corrected chi connectivity index (χ0v) is 41.6. The number of unbranched alkanes of at least 4 members (excludes halogenated alkanes) is 37. The van der Waals surface area contributed by atoms with E-state index in [4.69, 9.17) is 14.2 Å². The van der Waals surface area contributed by atoms with Crippen molar-refractivity contribution in [2.45, 2.75) is 316 Å². The van der Waals surface area contributed by atoms with Crippen LogP contribution in [0.25, 0.3) is 0 Å². The highest BCUT2D eigenvalue weighted by molar-refractivity contribution is 5.71. The number of hydrogen-bond acceptors (Lipinski definition) is 6. The van der Waals surface area contributed by atoms with Crippen molar-refractivity contribution in [2.24, 2.45) is 5.92 Å². The minimum atomic E-state index is -0.761. The van der Waals surface area contributed by atoms with Crippen LogP contribution in [0.15, 0.2) is 0 Å². The smallest absolute Gasteiger partial charge is 0.306 e. The van der Waals surface area contributed by atoms with Crippen molar-refractivity contribution in [3.8, 4) is 0 Å². The lowest BCUT2D eigenvalue weighted by Crippen LogP contribution is -2.30. The van der Waals surface area contributed by atoms with Crippen LogP contribution in [0.3, 0.4) is 0 Å². The van der Waals surface area contributed by atoms with E-state index in [1.54, 1.807) is 0 Å². The van der Waals surface area contributed by atoms with Gasteiger partial charge in [0.15, 0.2) is 6.10 Å². The van der Waals surface area contributed by atoms with E-state index in [-0.39, 0.29) is 31.1 Å². The van der Waals surface area contributed by atoms with Gasteiger partial charge in [0, 0.05) is 19.3 Å². The van der Waals surface area contributed by atoms with Crippen molar-refractivity contribution in [1.29, 1.82) is 0 Å². The standard InChI is InChI=1S/C55H106O6/c1-5-7-9-11-13-15-17-19-20-21-22-23-27-32-36-40-44-48-55(58)61-52(49-59-53(56)46-42-38-34-30-26-18-16-14-12-10-8-6-2)50-60-54(57)47-43-39-35-31-28-24-25-29-33-37-41-45-51(3)4/h51-52H,5-50H2,1-4H3/t52-/m1/s1. The molecule has 0 fully saturated rings. The maximum atomic E-state index is 12.8. The Hall–Kier alpha value is -1.59. The zero-order valence-electron chi connectivity index (χ0n) is 41.6. The van der Waals surface area contributed by atoms with Crippen LogP contribution in [0.4, 0.5) is 0 Å². The molecule has 0 aliphatic rings. The van der Waals surface area contributed by atoms with Gasteiger partial charge < -0.3 is 14.2 Å². The van der Waals surface area contributed by atoms with Gasteiger partial charge in [-0.2, -0.15) is 0 Å². The molecule has 0 amide bonds. The third-order valence-electron chi connectivity index (χ3n) is 12.5. The van der Waals surface area contributed by atoms with Crippen molar-refractivity contribution in [2.75, 3.05) is 13.2 Å². The Labute approximate surface area is 380 Å². The third-order valence-corrected chi connectivity index (χ3v) is 12.5. The molecular weight excluding hydrogens is 757 g/mol. The average Bonchev–Trinajstić information content (AvgIpc) is 3.24. The van der Waals surface area contributed by atoms with E-state index >= 15 is 0 Å². The second-order valence-electron chi connectivity index (χ2n) is 19.3. The second-order valence-corrected chi connectivity index (χ2v) is 19.3. The molecule has 6 heteroatoms. The summed E-state index contributed by atoms with van der Waals surface area (Å²) in [4.78, 5) is 38.0. The quantitative estimate of drug-likeness (QED) is 0.0344. The lowest BCUT2D eigenvalue weighted by Gasteiger charge is -2.18. The number of esters is 3. The van der Waals surface area contributed by atoms with Gasteiger partial charge in [-0.15, -0.1) is 0 Å². The van der Waals surface area contributed by atoms with Gasteiger partial charge in [-0.1, -0.05) is 272 Å². The second kappa shape index (κ2) is 49.4. The molecule has 6 nitrogen and oxygen atoms in total. The van der Waals surface area contributed by atoms with E-state index in [2.05, 4.69) is 27.7 Å². The van der Waals surface area contributed by atoms with Gasteiger partial charge >= 0.3 is 17.9 Å². The van der Waals surface area contributed by atoms with Crippen LogP contribution in [-0.4, -0.2) is 37.2 Å². The number of rotatable bonds is 50. The van der Waals surface area contributed by atoms with Crippen LogP contribution in [-0.2, 0) is 28.6 Å². The Morgan fingerprint density at radius 1 is 0.311 bits per heavy atom. The summed E-state index contributed by atoms with van der Waals surface area (Å²) in [6, 6.07) is 0. The number of ether oxygens (including phenoxy) is 3. The largest absolute Gasteiger partial charge is 0.462 e. The fourth-order valence-corrected chi connectivity index (χ4v) is 8.39. The molecule has 0 aromatic heterocycles. The van der Waals surface area contributed by atoms with E-state index in [1.807, 2.05) is 0 Å². The Kier molecular flexibility index (Phi) is 48.1. The molecule has 61 heavy (non-hydrogen) atoms. The highest BCUT2D eigenvalue weighted by Crippen LogP contribution is 2.17. The van der Waals surface area contributed by atoms with Gasteiger partial charge in [0.05, 0.1) is 0 Å². The first kappa shape index (κ1) is 59.4. The summed E-state index contributed by atoms with van der Waals surface area (Å²) < 4.78 is 16.8. The Balaban J connectivity index is 4.29. The Bertz CT molecular complexity index is 918. The summed E-state index contributed by atoms with van der Waals surface area (Å²) in [5, 5.41) is 0. The van der Waals surface area contributed by atoms with Crippen LogP contribution >= 0.6 is 0 Å². The maximum absolute atomic E-state index is 12.8. The Morgan fingerprint density at radius 3 is 0.803 bits per heavy atom. The SMILES string of the molecule is CCCCCCCCCCCCCCCCCCCC(=O)O[C@H](COC(=O)CCCCCCCCCCCCCC)COC(=O)CCCCCCCCCCCCCC(C)C. The van der Waals surface area contributed by atoms with Crippen LogP contribution in [0, 0.1) is 5.92 Å². The molecule has 0 radical (unpaired) electrons. The summed E-state index contributed by atoms with van der Waals surface area (Å²) >= 11 is 0. The maximum Gasteiger partial charge on any atom is 0.306 e. The van der Waals surface area contributed by atoms with Crippen molar-refractivity contribution in [3.05, 3.63) is 0 Å². The van der Waals surface area contributed by atoms with E-state index in [1.165, 1.54) is 205 Å². The predicted octanol–water partition coefficient (Wildman–Crippen LogP) is 17.8. The lowest BCUT2D eigenvalue weighted by atomic mass is 10.0. The fourth-order valence-electron chi connectivity index (χ4n) is 8.39. The Morgan fingerprint density at radius 2 is 0.541 bits per heavy atom. The van der Waals surface area contributed by atoms with E-state index in [0.717, 1.165) is 63.7 Å². The summed E-state index contributed by atoms with van der Waals surface area (Å²) in [5.41, 5.74) is 0. The molecule has 362 valence electrons. The predicted molar refractivity (Wildman–Crippen MR) is 261 cm³/mol.